The van der Waals surface area contributed by atoms with Gasteiger partial charge in [0.25, 0.3) is 0 Å². The van der Waals surface area contributed by atoms with Crippen LogP contribution in [0.5, 0.6) is 0 Å². The fraction of sp³-hybridized carbons (Fsp3) is 1.00. The molecule has 0 radical (unpaired) electrons. The van der Waals surface area contributed by atoms with Gasteiger partial charge in [0.2, 0.25) is 0 Å². The molecule has 1 heteroatoms. The van der Waals surface area contributed by atoms with Crippen LogP contribution >= 0.6 is 0 Å². The fourth-order valence-electron chi connectivity index (χ4n) is 0.750. The molecule has 0 bridgehead atoms. The van der Waals surface area contributed by atoms with Gasteiger partial charge < -0.3 is 0 Å². The predicted octanol–water partition coefficient (Wildman–Crippen LogP) is 2.92. The van der Waals surface area contributed by atoms with Crippen LogP contribution in [-0.4, -0.2) is 0 Å². The summed E-state index contributed by atoms with van der Waals surface area (Å²) in [4.78, 5) is 0. The summed E-state index contributed by atoms with van der Waals surface area (Å²) in [5.41, 5.74) is 0. The van der Waals surface area contributed by atoms with Gasteiger partial charge in [-0.15, -0.1) is 0 Å². The number of hydrogen-bond donors (Lipinski definition) is 0. The second kappa shape index (κ2) is 5.03. The maximum atomic E-state index is 2.35. The third-order valence-electron chi connectivity index (χ3n) is 1.50. The molecule has 0 saturated carbocycles. The molecule has 0 rings (SSSR count). The molecule has 0 heterocycles. The minimum atomic E-state index is -0.653. The summed E-state index contributed by atoms with van der Waals surface area (Å²) in [6.45, 7) is 7.05. The van der Waals surface area contributed by atoms with Crippen molar-refractivity contribution in [1.29, 1.82) is 0 Å². The summed E-state index contributed by atoms with van der Waals surface area (Å²) in [5.74, 6) is 0. The van der Waals surface area contributed by atoms with Gasteiger partial charge in [-0.2, -0.15) is 0 Å². The fourth-order valence-corrected chi connectivity index (χ4v) is 4.44. The van der Waals surface area contributed by atoms with E-state index in [1.54, 1.807) is 12.4 Å². The standard InChI is InChI=1S/3C2H5.Zr/c3*1-2;/h3*1H2,2H3;. The summed E-state index contributed by atoms with van der Waals surface area (Å²) in [6.07, 6.45) is 0. The van der Waals surface area contributed by atoms with Crippen LogP contribution in [-0.2, 0) is 21.8 Å². The molecule has 0 nitrogen and oxygen atoms in total. The Labute approximate surface area is 55.0 Å². The molecule has 0 aromatic rings. The third kappa shape index (κ3) is 3.46. The van der Waals surface area contributed by atoms with Crippen LogP contribution in [0, 0.1) is 0 Å². The second-order valence-corrected chi connectivity index (χ2v) is 10.7. The summed E-state index contributed by atoms with van der Waals surface area (Å²) >= 11 is -0.653. The molecule has 0 amide bonds. The van der Waals surface area contributed by atoms with Crippen molar-refractivity contribution in [2.75, 3.05) is 0 Å². The van der Waals surface area contributed by atoms with Crippen molar-refractivity contribution in [2.24, 2.45) is 0 Å². The second-order valence-electron chi connectivity index (χ2n) is 1.81. The van der Waals surface area contributed by atoms with E-state index in [0.717, 1.165) is 0 Å². The zero-order chi connectivity index (χ0) is 5.70. The van der Waals surface area contributed by atoms with Crippen LogP contribution in [0.4, 0.5) is 0 Å². The normalized spacial score (nSPS) is 9.00. The van der Waals surface area contributed by atoms with E-state index in [9.17, 15) is 0 Å². The molecule has 0 N–H and O–H groups in total. The topological polar surface area (TPSA) is 0 Å². The van der Waals surface area contributed by atoms with Gasteiger partial charge in [0.15, 0.2) is 0 Å². The van der Waals surface area contributed by atoms with Crippen molar-refractivity contribution in [1.82, 2.24) is 0 Å². The molecular weight excluding hydrogens is 163 g/mol. The van der Waals surface area contributed by atoms with Crippen molar-refractivity contribution in [3.8, 4) is 0 Å². The van der Waals surface area contributed by atoms with Crippen molar-refractivity contribution in [3.05, 3.63) is 0 Å². The first-order chi connectivity index (χ1) is 3.35. The third-order valence-corrected chi connectivity index (χ3v) is 8.87. The zero-order valence-corrected chi connectivity index (χ0v) is 8.08. The molecular formula is C6H15Zr. The molecule has 0 saturated heterocycles. The first-order valence-corrected chi connectivity index (χ1v) is 8.40. The molecule has 0 aliphatic carbocycles. The Morgan fingerprint density at radius 3 is 1.14 bits per heavy atom. The van der Waals surface area contributed by atoms with Gasteiger partial charge >= 0.3 is 54.9 Å². The van der Waals surface area contributed by atoms with Gasteiger partial charge in [-0.25, -0.2) is 0 Å². The maximum absolute atomic E-state index is 2.35. The Balaban J connectivity index is 2.99. The zero-order valence-electron chi connectivity index (χ0n) is 5.62. The van der Waals surface area contributed by atoms with Gasteiger partial charge in [0.1, 0.15) is 0 Å². The van der Waals surface area contributed by atoms with Crippen molar-refractivity contribution >= 4 is 0 Å². The predicted molar refractivity (Wildman–Crippen MR) is 31.4 cm³/mol. The molecule has 0 spiro atoms. The van der Waals surface area contributed by atoms with E-state index in [4.69, 9.17) is 0 Å². The van der Waals surface area contributed by atoms with Gasteiger partial charge in [0.05, 0.1) is 0 Å². The van der Waals surface area contributed by atoms with Gasteiger partial charge in [-0.1, -0.05) is 0 Å². The molecule has 0 atom stereocenters. The van der Waals surface area contributed by atoms with E-state index in [0.29, 0.717) is 0 Å². The van der Waals surface area contributed by atoms with Crippen LogP contribution in [0.25, 0.3) is 0 Å². The minimum absolute atomic E-state index is 0.653. The SMILES string of the molecule is C[CH2][Zr]([CH2]C)[CH2]C. The van der Waals surface area contributed by atoms with Crippen LogP contribution in [0.2, 0.25) is 12.4 Å². The Hall–Kier alpha value is 0.883. The average molecular weight is 178 g/mol. The van der Waals surface area contributed by atoms with E-state index < -0.39 is 21.8 Å². The summed E-state index contributed by atoms with van der Waals surface area (Å²) < 4.78 is 4.65. The molecule has 0 aliphatic heterocycles. The quantitative estimate of drug-likeness (QED) is 0.623. The molecule has 0 aromatic heterocycles. The molecule has 43 valence electrons. The summed E-state index contributed by atoms with van der Waals surface area (Å²) in [7, 11) is 0. The van der Waals surface area contributed by atoms with E-state index in [2.05, 4.69) is 20.8 Å². The average Bonchev–Trinajstić information content (AvgIpc) is 1.72. The molecule has 0 aromatic carbocycles. The van der Waals surface area contributed by atoms with E-state index in [-0.39, 0.29) is 0 Å². The molecule has 0 fully saturated rings. The molecule has 7 heavy (non-hydrogen) atoms. The number of hydrogen-bond acceptors (Lipinski definition) is 0. The van der Waals surface area contributed by atoms with Gasteiger partial charge in [-0.05, 0) is 0 Å². The number of rotatable bonds is 3. The first kappa shape index (κ1) is 7.88. The van der Waals surface area contributed by atoms with Crippen LogP contribution < -0.4 is 0 Å². The van der Waals surface area contributed by atoms with Crippen molar-refractivity contribution in [2.45, 2.75) is 33.2 Å². The first-order valence-electron chi connectivity index (χ1n) is 3.18. The van der Waals surface area contributed by atoms with Crippen LogP contribution in [0.3, 0.4) is 0 Å². The summed E-state index contributed by atoms with van der Waals surface area (Å²) in [6, 6.07) is 0. The van der Waals surface area contributed by atoms with E-state index in [1.807, 2.05) is 0 Å². The molecule has 0 aliphatic rings. The van der Waals surface area contributed by atoms with Gasteiger partial charge in [0, 0.05) is 0 Å². The van der Waals surface area contributed by atoms with Crippen molar-refractivity contribution in [3.63, 3.8) is 0 Å². The Bertz CT molecular complexity index is 25.7. The molecule has 0 unspecified atom stereocenters. The van der Waals surface area contributed by atoms with Gasteiger partial charge in [-0.3, -0.25) is 0 Å². The Morgan fingerprint density at radius 2 is 1.14 bits per heavy atom. The van der Waals surface area contributed by atoms with Crippen molar-refractivity contribution < 1.29 is 21.8 Å². The van der Waals surface area contributed by atoms with Crippen LogP contribution in [0.15, 0.2) is 0 Å². The summed E-state index contributed by atoms with van der Waals surface area (Å²) in [5, 5.41) is 0. The van der Waals surface area contributed by atoms with Crippen LogP contribution in [0.1, 0.15) is 20.8 Å². The Kier molecular flexibility index (Phi) is 5.66. The monoisotopic (exact) mass is 177 g/mol. The van der Waals surface area contributed by atoms with E-state index in [1.165, 1.54) is 0 Å². The Morgan fingerprint density at radius 1 is 0.857 bits per heavy atom. The van der Waals surface area contributed by atoms with E-state index >= 15 is 0 Å².